The predicted octanol–water partition coefficient (Wildman–Crippen LogP) is 2.42. The Bertz CT molecular complexity index is 694. The van der Waals surface area contributed by atoms with Crippen LogP contribution in [0, 0.1) is 0 Å². The fourth-order valence-electron chi connectivity index (χ4n) is 2.09. The molecule has 2 amide bonds. The average Bonchev–Trinajstić information content (AvgIpc) is 2.56. The molecule has 0 radical (unpaired) electrons. The Labute approximate surface area is 136 Å². The third-order valence-corrected chi connectivity index (χ3v) is 3.45. The zero-order valence-corrected chi connectivity index (χ0v) is 13.6. The van der Waals surface area contributed by atoms with Crippen LogP contribution < -0.4 is 10.6 Å². The fourth-order valence-corrected chi connectivity index (χ4v) is 2.09. The van der Waals surface area contributed by atoms with Gasteiger partial charge in [0.2, 0.25) is 5.91 Å². The number of carbonyl (C=O) groups is 2. The van der Waals surface area contributed by atoms with E-state index in [9.17, 15) is 9.59 Å². The molecule has 2 rings (SSSR count). The Kier molecular flexibility index (Phi) is 5.36. The molecule has 0 spiro atoms. The number of amides is 2. The van der Waals surface area contributed by atoms with Gasteiger partial charge >= 0.3 is 0 Å². The molecule has 2 aromatic carbocycles. The van der Waals surface area contributed by atoms with E-state index in [1.807, 2.05) is 36.4 Å². The summed E-state index contributed by atoms with van der Waals surface area (Å²) in [6.45, 7) is 0. The molecule has 0 atom stereocenters. The summed E-state index contributed by atoms with van der Waals surface area (Å²) >= 11 is 0. The maximum absolute atomic E-state index is 11.7. The minimum atomic E-state index is -0.119. The third-order valence-electron chi connectivity index (χ3n) is 3.45. The number of benzene rings is 2. The summed E-state index contributed by atoms with van der Waals surface area (Å²) in [6.07, 6.45) is 0.388. The van der Waals surface area contributed by atoms with Crippen LogP contribution in [-0.2, 0) is 11.2 Å². The van der Waals surface area contributed by atoms with E-state index in [0.717, 1.165) is 16.9 Å². The van der Waals surface area contributed by atoms with Crippen LogP contribution in [0.25, 0.3) is 0 Å². The van der Waals surface area contributed by atoms with Crippen molar-refractivity contribution in [1.29, 1.82) is 0 Å². The molecule has 0 aliphatic carbocycles. The number of carbonyl (C=O) groups excluding carboxylic acids is 2. The monoisotopic (exact) mass is 311 g/mol. The van der Waals surface area contributed by atoms with Crippen LogP contribution in [0.15, 0.2) is 48.5 Å². The van der Waals surface area contributed by atoms with E-state index in [1.165, 1.54) is 0 Å². The van der Waals surface area contributed by atoms with Gasteiger partial charge in [-0.15, -0.1) is 0 Å². The van der Waals surface area contributed by atoms with Crippen molar-refractivity contribution in [3.63, 3.8) is 0 Å². The van der Waals surface area contributed by atoms with Crippen molar-refractivity contribution < 1.29 is 9.59 Å². The highest BCUT2D eigenvalue weighted by Crippen LogP contribution is 2.18. The number of hydrogen-bond acceptors (Lipinski definition) is 3. The van der Waals surface area contributed by atoms with Gasteiger partial charge in [0.1, 0.15) is 0 Å². The summed E-state index contributed by atoms with van der Waals surface area (Å²) in [5.74, 6) is -0.0461. The van der Waals surface area contributed by atoms with Gasteiger partial charge in [0.15, 0.2) is 0 Å². The lowest BCUT2D eigenvalue weighted by Gasteiger charge is -2.11. The van der Waals surface area contributed by atoms with E-state index in [2.05, 4.69) is 10.6 Å². The first kappa shape index (κ1) is 16.5. The van der Waals surface area contributed by atoms with Gasteiger partial charge in [-0.3, -0.25) is 9.59 Å². The average molecular weight is 311 g/mol. The Hall–Kier alpha value is -2.82. The van der Waals surface area contributed by atoms with Crippen LogP contribution in [0.1, 0.15) is 15.9 Å². The van der Waals surface area contributed by atoms with Crippen LogP contribution in [-0.4, -0.2) is 37.9 Å². The highest BCUT2D eigenvalue weighted by atomic mass is 16.2. The molecule has 0 saturated carbocycles. The third kappa shape index (κ3) is 4.57. The number of likely N-dealkylation sites (N-methyl/N-ethyl adjacent to an activating group) is 1. The highest BCUT2D eigenvalue weighted by Gasteiger charge is 2.06. The molecule has 5 nitrogen and oxygen atoms in total. The van der Waals surface area contributed by atoms with Crippen LogP contribution in [0.5, 0.6) is 0 Å². The second-order valence-electron chi connectivity index (χ2n) is 5.45. The number of hydrogen-bond donors (Lipinski definition) is 2. The lowest BCUT2D eigenvalue weighted by atomic mass is 10.1. The second kappa shape index (κ2) is 7.45. The number of anilines is 2. The molecule has 0 bridgehead atoms. The molecule has 0 fully saturated rings. The van der Waals surface area contributed by atoms with Crippen molar-refractivity contribution in [3.8, 4) is 0 Å². The fraction of sp³-hybridized carbons (Fsp3) is 0.222. The summed E-state index contributed by atoms with van der Waals surface area (Å²) < 4.78 is 0. The number of rotatable bonds is 5. The Morgan fingerprint density at radius 3 is 2.30 bits per heavy atom. The minimum absolute atomic E-state index is 0.0731. The summed E-state index contributed by atoms with van der Waals surface area (Å²) in [6, 6.07) is 15.0. The molecule has 0 saturated heterocycles. The van der Waals surface area contributed by atoms with E-state index in [-0.39, 0.29) is 11.8 Å². The summed E-state index contributed by atoms with van der Waals surface area (Å²) in [4.78, 5) is 24.9. The Morgan fingerprint density at radius 2 is 1.70 bits per heavy atom. The van der Waals surface area contributed by atoms with Gasteiger partial charge in [-0.05, 0) is 35.9 Å². The van der Waals surface area contributed by atoms with E-state index >= 15 is 0 Å². The van der Waals surface area contributed by atoms with Gasteiger partial charge in [0, 0.05) is 38.1 Å². The van der Waals surface area contributed by atoms with Gasteiger partial charge in [0.05, 0.1) is 6.42 Å². The molecule has 0 unspecified atom stereocenters. The van der Waals surface area contributed by atoms with Crippen LogP contribution in [0.2, 0.25) is 0 Å². The SMILES string of the molecule is CNC(=O)c1cccc(Nc2ccc(CC(=O)N(C)C)cc2)c1. The molecular formula is C18H21N3O2. The van der Waals surface area contributed by atoms with Crippen LogP contribution in [0.4, 0.5) is 11.4 Å². The standard InChI is InChI=1S/C18H21N3O2/c1-19-18(23)14-5-4-6-16(12-14)20-15-9-7-13(8-10-15)11-17(22)21(2)3/h4-10,12,20H,11H2,1-3H3,(H,19,23). The maximum Gasteiger partial charge on any atom is 0.251 e. The zero-order chi connectivity index (χ0) is 16.8. The van der Waals surface area contributed by atoms with Crippen molar-refractivity contribution in [3.05, 3.63) is 59.7 Å². The van der Waals surface area contributed by atoms with E-state index in [1.54, 1.807) is 38.2 Å². The molecular weight excluding hydrogens is 290 g/mol. The highest BCUT2D eigenvalue weighted by molar-refractivity contribution is 5.95. The Morgan fingerprint density at radius 1 is 1.00 bits per heavy atom. The smallest absolute Gasteiger partial charge is 0.251 e. The predicted molar refractivity (Wildman–Crippen MR) is 92.0 cm³/mol. The number of nitrogens with one attached hydrogen (secondary N) is 2. The maximum atomic E-state index is 11.7. The normalized spacial score (nSPS) is 10.0. The van der Waals surface area contributed by atoms with Gasteiger partial charge < -0.3 is 15.5 Å². The van der Waals surface area contributed by atoms with E-state index < -0.39 is 0 Å². The lowest BCUT2D eigenvalue weighted by Crippen LogP contribution is -2.23. The van der Waals surface area contributed by atoms with Crippen molar-refractivity contribution in [2.75, 3.05) is 26.5 Å². The van der Waals surface area contributed by atoms with Gasteiger partial charge in [-0.1, -0.05) is 18.2 Å². The van der Waals surface area contributed by atoms with Crippen LogP contribution >= 0.6 is 0 Å². The molecule has 23 heavy (non-hydrogen) atoms. The lowest BCUT2D eigenvalue weighted by molar-refractivity contribution is -0.127. The molecule has 0 aromatic heterocycles. The molecule has 0 aliphatic rings. The summed E-state index contributed by atoms with van der Waals surface area (Å²) in [5, 5.41) is 5.86. The minimum Gasteiger partial charge on any atom is -0.356 e. The van der Waals surface area contributed by atoms with Crippen molar-refractivity contribution in [1.82, 2.24) is 10.2 Å². The van der Waals surface area contributed by atoms with Crippen molar-refractivity contribution >= 4 is 23.2 Å². The van der Waals surface area contributed by atoms with Crippen molar-refractivity contribution in [2.24, 2.45) is 0 Å². The van der Waals surface area contributed by atoms with Gasteiger partial charge in [0.25, 0.3) is 5.91 Å². The van der Waals surface area contributed by atoms with E-state index in [0.29, 0.717) is 12.0 Å². The summed E-state index contributed by atoms with van der Waals surface area (Å²) in [7, 11) is 5.10. The largest absolute Gasteiger partial charge is 0.356 e. The van der Waals surface area contributed by atoms with Crippen molar-refractivity contribution in [2.45, 2.75) is 6.42 Å². The molecule has 0 heterocycles. The molecule has 2 N–H and O–H groups in total. The number of nitrogens with zero attached hydrogens (tertiary/aromatic N) is 1. The molecule has 2 aromatic rings. The van der Waals surface area contributed by atoms with Gasteiger partial charge in [-0.2, -0.15) is 0 Å². The zero-order valence-electron chi connectivity index (χ0n) is 13.6. The van der Waals surface area contributed by atoms with E-state index in [4.69, 9.17) is 0 Å². The quantitative estimate of drug-likeness (QED) is 0.891. The summed E-state index contributed by atoms with van der Waals surface area (Å²) in [5.41, 5.74) is 3.31. The molecule has 5 heteroatoms. The first-order valence-electron chi connectivity index (χ1n) is 7.38. The topological polar surface area (TPSA) is 61.4 Å². The second-order valence-corrected chi connectivity index (χ2v) is 5.45. The first-order chi connectivity index (χ1) is 11.0. The molecule has 120 valence electrons. The van der Waals surface area contributed by atoms with Crippen LogP contribution in [0.3, 0.4) is 0 Å². The Balaban J connectivity index is 2.06. The first-order valence-corrected chi connectivity index (χ1v) is 7.38. The molecule has 0 aliphatic heterocycles. The van der Waals surface area contributed by atoms with Gasteiger partial charge in [-0.25, -0.2) is 0 Å².